The predicted molar refractivity (Wildman–Crippen MR) is 397 cm³/mol. The molecule has 19 rings (SSSR count). The molecule has 0 atom stereocenters. The van der Waals surface area contributed by atoms with Gasteiger partial charge in [-0.2, -0.15) is 0 Å². The van der Waals surface area contributed by atoms with Crippen LogP contribution in [0.4, 0.5) is 68.2 Å². The molecule has 94 heavy (non-hydrogen) atoms. The molecule has 0 amide bonds. The van der Waals surface area contributed by atoms with Gasteiger partial charge in [0, 0.05) is 84.0 Å². The van der Waals surface area contributed by atoms with Crippen molar-refractivity contribution in [3.8, 4) is 33.8 Å². The van der Waals surface area contributed by atoms with Gasteiger partial charge in [-0.05, 0) is 175 Å². The number of benzene rings is 15. The first-order valence-corrected chi connectivity index (χ1v) is 33.1. The van der Waals surface area contributed by atoms with E-state index in [4.69, 9.17) is 4.74 Å². The van der Waals surface area contributed by atoms with Crippen molar-refractivity contribution in [3.63, 3.8) is 0 Å². The average molecular weight is 1220 g/mol. The van der Waals surface area contributed by atoms with Crippen molar-refractivity contribution in [1.29, 1.82) is 0 Å². The molecular formula is C86H56B2N4OS. The van der Waals surface area contributed by atoms with E-state index >= 15 is 0 Å². The van der Waals surface area contributed by atoms with Gasteiger partial charge in [0.1, 0.15) is 11.5 Å². The van der Waals surface area contributed by atoms with E-state index in [1.54, 1.807) is 0 Å². The quantitative estimate of drug-likeness (QED) is 0.0998. The van der Waals surface area contributed by atoms with E-state index in [0.29, 0.717) is 0 Å². The lowest BCUT2D eigenvalue weighted by molar-refractivity contribution is 0.488. The maximum absolute atomic E-state index is 8.24. The van der Waals surface area contributed by atoms with E-state index in [9.17, 15) is 0 Å². The Morgan fingerprint density at radius 1 is 0.298 bits per heavy atom. The third-order valence-electron chi connectivity index (χ3n) is 19.4. The van der Waals surface area contributed by atoms with Crippen LogP contribution in [0.1, 0.15) is 0 Å². The van der Waals surface area contributed by atoms with Crippen molar-refractivity contribution < 1.29 is 4.74 Å². The van der Waals surface area contributed by atoms with Gasteiger partial charge in [0.15, 0.2) is 0 Å². The number of anilines is 12. The van der Waals surface area contributed by atoms with Gasteiger partial charge in [-0.3, -0.25) is 0 Å². The number of hydrogen-bond acceptors (Lipinski definition) is 6. The molecule has 0 aromatic heterocycles. The minimum atomic E-state index is -0.242. The van der Waals surface area contributed by atoms with Crippen molar-refractivity contribution in [2.24, 2.45) is 0 Å². The Kier molecular flexibility index (Phi) is 12.7. The molecule has 8 heteroatoms. The normalized spacial score (nSPS) is 12.9. The van der Waals surface area contributed by atoms with Gasteiger partial charge in [0.2, 0.25) is 6.71 Å². The van der Waals surface area contributed by atoms with Gasteiger partial charge in [-0.1, -0.05) is 242 Å². The molecule has 5 nitrogen and oxygen atoms in total. The van der Waals surface area contributed by atoms with Crippen molar-refractivity contribution in [1.82, 2.24) is 0 Å². The van der Waals surface area contributed by atoms with E-state index < -0.39 is 0 Å². The van der Waals surface area contributed by atoms with E-state index in [0.717, 1.165) is 107 Å². The molecule has 0 spiro atoms. The molecule has 0 aliphatic carbocycles. The lowest BCUT2D eigenvalue weighted by Crippen LogP contribution is -2.63. The molecule has 0 unspecified atom stereocenters. The number of fused-ring (bicyclic) bond motifs is 10. The topological polar surface area (TPSA) is 22.2 Å². The highest BCUT2D eigenvalue weighted by Crippen LogP contribution is 2.54. The zero-order valence-corrected chi connectivity index (χ0v) is 51.9. The summed E-state index contributed by atoms with van der Waals surface area (Å²) in [5.41, 5.74) is 24.8. The van der Waals surface area contributed by atoms with E-state index in [2.05, 4.69) is 359 Å². The number of nitrogens with zero attached hydrogens (tertiary/aromatic N) is 4. The Morgan fingerprint density at radius 3 is 1.21 bits per heavy atom. The summed E-state index contributed by atoms with van der Waals surface area (Å²) in [7, 11) is 0. The summed E-state index contributed by atoms with van der Waals surface area (Å²) in [5, 5.41) is 4.80. The fourth-order valence-corrected chi connectivity index (χ4v) is 16.9. The molecule has 4 aliphatic rings. The van der Waals surface area contributed by atoms with Crippen LogP contribution in [0.3, 0.4) is 0 Å². The minimum absolute atomic E-state index is 0.184. The zero-order chi connectivity index (χ0) is 61.8. The zero-order valence-electron chi connectivity index (χ0n) is 51.1. The third-order valence-corrected chi connectivity index (χ3v) is 20.6. The van der Waals surface area contributed by atoms with Gasteiger partial charge in [-0.25, -0.2) is 0 Å². The Hall–Kier alpha value is -11.7. The SMILES string of the molecule is c1ccc(N(c2ccccc2)c2cc3c4c(c2)N(c2ccccc2)c2ccccc2B4c2cc4c(c(-c5ccccc5-c5c6ccccc6cc6ccccc56)c2O3)Sc2cc(N(c3ccccc3)c3ccccc3)cc3c2B4c2ccccc2N3c2ccccc2)cc1. The molecule has 438 valence electrons. The fourth-order valence-electron chi connectivity index (χ4n) is 15.6. The monoisotopic (exact) mass is 1210 g/mol. The van der Waals surface area contributed by atoms with Crippen molar-refractivity contribution in [2.45, 2.75) is 9.79 Å². The van der Waals surface area contributed by atoms with E-state index in [1.807, 2.05) is 11.8 Å². The van der Waals surface area contributed by atoms with Crippen LogP contribution in [0.25, 0.3) is 43.8 Å². The van der Waals surface area contributed by atoms with Crippen LogP contribution in [0.2, 0.25) is 0 Å². The van der Waals surface area contributed by atoms with Crippen molar-refractivity contribution >= 4 is 148 Å². The second-order valence-electron chi connectivity index (χ2n) is 24.6. The fraction of sp³-hybridized carbons (Fsp3) is 0. The first kappa shape index (κ1) is 54.1. The summed E-state index contributed by atoms with van der Waals surface area (Å²) >= 11 is 1.89. The molecular weight excluding hydrogens is 1160 g/mol. The summed E-state index contributed by atoms with van der Waals surface area (Å²) in [4.78, 5) is 12.1. The highest BCUT2D eigenvalue weighted by molar-refractivity contribution is 8.00. The first-order chi connectivity index (χ1) is 46.7. The second-order valence-corrected chi connectivity index (χ2v) is 25.7. The van der Waals surface area contributed by atoms with Crippen LogP contribution in [-0.4, -0.2) is 13.4 Å². The van der Waals surface area contributed by atoms with Gasteiger partial charge in [0.25, 0.3) is 6.71 Å². The summed E-state index contributed by atoms with van der Waals surface area (Å²) in [6.45, 7) is -0.426. The van der Waals surface area contributed by atoms with Crippen LogP contribution in [0.5, 0.6) is 11.5 Å². The summed E-state index contributed by atoms with van der Waals surface area (Å²) in [6, 6.07) is 125. The smallest absolute Gasteiger partial charge is 0.256 e. The van der Waals surface area contributed by atoms with Gasteiger partial charge in [0.05, 0.1) is 5.69 Å². The molecule has 4 heterocycles. The van der Waals surface area contributed by atoms with E-state index in [-0.39, 0.29) is 13.4 Å². The van der Waals surface area contributed by atoms with Crippen molar-refractivity contribution in [3.05, 3.63) is 340 Å². The van der Waals surface area contributed by atoms with E-state index in [1.165, 1.54) is 58.8 Å². The van der Waals surface area contributed by atoms with Crippen LogP contribution < -0.4 is 57.1 Å². The maximum atomic E-state index is 8.24. The Bertz CT molecular complexity index is 5100. The molecule has 4 aliphatic heterocycles. The van der Waals surface area contributed by atoms with Gasteiger partial charge < -0.3 is 24.3 Å². The van der Waals surface area contributed by atoms with Crippen LogP contribution in [0.15, 0.2) is 350 Å². The highest BCUT2D eigenvalue weighted by atomic mass is 32.2. The van der Waals surface area contributed by atoms with Crippen LogP contribution in [0, 0.1) is 0 Å². The predicted octanol–water partition coefficient (Wildman–Crippen LogP) is 19.4. The molecule has 0 N–H and O–H groups in total. The summed E-state index contributed by atoms with van der Waals surface area (Å²) in [6.07, 6.45) is 0. The molecule has 0 bridgehead atoms. The average Bonchev–Trinajstić information content (AvgIpc) is 0.689. The van der Waals surface area contributed by atoms with Crippen molar-refractivity contribution in [2.75, 3.05) is 19.6 Å². The first-order valence-electron chi connectivity index (χ1n) is 32.3. The number of rotatable bonds is 10. The molecule has 0 fully saturated rings. The third kappa shape index (κ3) is 8.53. The summed E-state index contributed by atoms with van der Waals surface area (Å²) in [5.74, 6) is 1.68. The molecule has 0 saturated heterocycles. The largest absolute Gasteiger partial charge is 0.458 e. The number of hydrogen-bond donors (Lipinski definition) is 0. The standard InChI is InChI=1S/C86H56B2N4OS/c1-7-31-59(32-8-1)89(60-33-9-2-10-34-60)65-52-77-83-79(54-65)93-85-73(87(83)71-47-25-27-49-75(71)91(77)63-39-15-5-16-40-63)56-74-86(82(85)70-46-24-23-45-69(70)81-67-43-21-19-29-57(67)51-58-30-20-22-44-68(58)81)94-80-55-66(90(61-35-11-3-12-36-61)62-37-13-4-14-38-62)53-78-84(80)88(74)72-48-26-28-50-76(72)92(78)64-41-17-6-18-42-64/h1-56H. The van der Waals surface area contributed by atoms with Crippen LogP contribution >= 0.6 is 11.8 Å². The number of ether oxygens (including phenoxy) is 1. The Balaban J connectivity index is 0.948. The van der Waals surface area contributed by atoms with Gasteiger partial charge >= 0.3 is 0 Å². The lowest BCUT2D eigenvalue weighted by atomic mass is 9.31. The molecule has 15 aromatic carbocycles. The Morgan fingerprint density at radius 2 is 0.702 bits per heavy atom. The minimum Gasteiger partial charge on any atom is -0.458 e. The second kappa shape index (κ2) is 22.0. The maximum Gasteiger partial charge on any atom is 0.256 e. The molecule has 0 radical (unpaired) electrons. The number of para-hydroxylation sites is 8. The molecule has 0 saturated carbocycles. The highest BCUT2D eigenvalue weighted by Gasteiger charge is 2.48. The Labute approximate surface area is 551 Å². The van der Waals surface area contributed by atoms with Crippen LogP contribution in [-0.2, 0) is 0 Å². The lowest BCUT2D eigenvalue weighted by Gasteiger charge is -2.44. The van der Waals surface area contributed by atoms with Gasteiger partial charge in [-0.15, -0.1) is 0 Å². The summed E-state index contributed by atoms with van der Waals surface area (Å²) < 4.78 is 8.24. The molecule has 15 aromatic rings.